The molecule has 0 rings (SSSR count). The van der Waals surface area contributed by atoms with Crippen LogP contribution >= 0.6 is 15.6 Å². The number of esters is 4. The lowest BCUT2D eigenvalue weighted by molar-refractivity contribution is -0.161. The molecule has 86 heavy (non-hydrogen) atoms. The van der Waals surface area contributed by atoms with Gasteiger partial charge in [-0.25, -0.2) is 9.13 Å². The molecule has 0 heterocycles. The van der Waals surface area contributed by atoms with Crippen molar-refractivity contribution in [3.8, 4) is 0 Å². The minimum Gasteiger partial charge on any atom is -0.462 e. The van der Waals surface area contributed by atoms with Crippen LogP contribution in [0.15, 0.2) is 0 Å². The largest absolute Gasteiger partial charge is 0.472 e. The van der Waals surface area contributed by atoms with E-state index in [0.717, 1.165) is 115 Å². The lowest BCUT2D eigenvalue weighted by atomic mass is 10.00. The van der Waals surface area contributed by atoms with Gasteiger partial charge in [0.25, 0.3) is 0 Å². The van der Waals surface area contributed by atoms with Gasteiger partial charge in [0.05, 0.1) is 26.4 Å². The number of aliphatic hydroxyl groups excluding tert-OH is 1. The van der Waals surface area contributed by atoms with Crippen molar-refractivity contribution in [2.75, 3.05) is 39.6 Å². The van der Waals surface area contributed by atoms with E-state index in [1.165, 1.54) is 141 Å². The monoisotopic (exact) mass is 1270 g/mol. The second-order valence-electron chi connectivity index (χ2n) is 24.9. The summed E-state index contributed by atoms with van der Waals surface area (Å²) in [4.78, 5) is 72.3. The van der Waals surface area contributed by atoms with E-state index in [1.807, 2.05) is 0 Å². The summed E-state index contributed by atoms with van der Waals surface area (Å²) < 4.78 is 68.0. The average molecular weight is 1270 g/mol. The third kappa shape index (κ3) is 59.7. The summed E-state index contributed by atoms with van der Waals surface area (Å²) in [5, 5.41) is 10.5. The Labute approximate surface area is 524 Å². The number of carbonyl (C=O) groups excluding carboxylic acids is 4. The predicted molar refractivity (Wildman–Crippen MR) is 345 cm³/mol. The second kappa shape index (κ2) is 59.4. The molecule has 0 spiro atoms. The number of phosphoric acid groups is 2. The normalized spacial score (nSPS) is 14.5. The fraction of sp³-hybridized carbons (Fsp3) is 0.940. The number of ether oxygens (including phenoxy) is 4. The van der Waals surface area contributed by atoms with E-state index in [4.69, 9.17) is 37.0 Å². The highest BCUT2D eigenvalue weighted by atomic mass is 31.2. The number of phosphoric ester groups is 2. The first-order valence-electron chi connectivity index (χ1n) is 35.0. The maximum absolute atomic E-state index is 13.0. The van der Waals surface area contributed by atoms with Crippen molar-refractivity contribution in [2.45, 2.75) is 355 Å². The Kier molecular flexibility index (Phi) is 58.0. The molecule has 0 aromatic rings. The molecule has 3 unspecified atom stereocenters. The van der Waals surface area contributed by atoms with Gasteiger partial charge in [-0.05, 0) is 37.5 Å². The molecule has 17 nitrogen and oxygen atoms in total. The quantitative estimate of drug-likeness (QED) is 0.0222. The van der Waals surface area contributed by atoms with Gasteiger partial charge in [0, 0.05) is 25.7 Å². The molecule has 0 aromatic carbocycles. The molecule has 0 saturated heterocycles. The number of hydrogen-bond acceptors (Lipinski definition) is 15. The van der Waals surface area contributed by atoms with Crippen LogP contribution in [0.5, 0.6) is 0 Å². The Morgan fingerprint density at radius 1 is 0.337 bits per heavy atom. The summed E-state index contributed by atoms with van der Waals surface area (Å²) in [6, 6.07) is 0. The molecule has 0 fully saturated rings. The molecule has 3 N–H and O–H groups in total. The van der Waals surface area contributed by atoms with Crippen LogP contribution in [0.1, 0.15) is 337 Å². The third-order valence-electron chi connectivity index (χ3n) is 15.8. The molecule has 6 atom stereocenters. The van der Waals surface area contributed by atoms with E-state index >= 15 is 0 Å². The summed E-state index contributed by atoms with van der Waals surface area (Å²) in [6.07, 6.45) is 43.2. The molecule has 0 amide bonds. The first kappa shape index (κ1) is 84.1. The molecule has 0 saturated carbocycles. The standard InChI is InChI=1S/C67H130O17P2/c1-7-10-12-14-16-17-18-20-24-27-31-38-44-50-65(70)78-56-62(83-66(71)51-45-39-32-28-25-22-19-21-23-26-30-35-41-47-59(4)5)57-81-85(73,74)79-53-61(68)54-80-86(75,76)82-58-63(55-77-64(69)49-43-37-29-15-13-11-8-2)84-67(72)52-46-40-34-33-36-42-48-60(6)9-3/h59-63,68H,7-58H2,1-6H3,(H,73,74)(H,75,76)/t60?,61-,62-,63-/m1/s1. The zero-order valence-electron chi connectivity index (χ0n) is 55.6. The van der Waals surface area contributed by atoms with Gasteiger partial charge in [0.1, 0.15) is 19.3 Å². The molecule has 0 aliphatic carbocycles. The van der Waals surface area contributed by atoms with Crippen molar-refractivity contribution in [1.82, 2.24) is 0 Å². The van der Waals surface area contributed by atoms with Crippen molar-refractivity contribution in [2.24, 2.45) is 11.8 Å². The highest BCUT2D eigenvalue weighted by molar-refractivity contribution is 7.47. The smallest absolute Gasteiger partial charge is 0.462 e. The van der Waals surface area contributed by atoms with E-state index in [-0.39, 0.29) is 25.7 Å². The van der Waals surface area contributed by atoms with Crippen molar-refractivity contribution < 1.29 is 80.2 Å². The molecule has 0 aromatic heterocycles. The molecule has 0 radical (unpaired) electrons. The van der Waals surface area contributed by atoms with Gasteiger partial charge in [0.15, 0.2) is 12.2 Å². The fourth-order valence-electron chi connectivity index (χ4n) is 10.0. The van der Waals surface area contributed by atoms with Crippen LogP contribution in [0, 0.1) is 11.8 Å². The van der Waals surface area contributed by atoms with Gasteiger partial charge in [-0.2, -0.15) is 0 Å². The Balaban J connectivity index is 5.21. The van der Waals surface area contributed by atoms with Crippen molar-refractivity contribution in [3.63, 3.8) is 0 Å². The van der Waals surface area contributed by atoms with Gasteiger partial charge in [0.2, 0.25) is 0 Å². The van der Waals surface area contributed by atoms with E-state index in [1.54, 1.807) is 0 Å². The third-order valence-corrected chi connectivity index (χ3v) is 17.7. The topological polar surface area (TPSA) is 237 Å². The van der Waals surface area contributed by atoms with Gasteiger partial charge in [-0.15, -0.1) is 0 Å². The Morgan fingerprint density at radius 2 is 0.593 bits per heavy atom. The number of rotatable bonds is 66. The molecule has 19 heteroatoms. The molecular weight excluding hydrogens is 1140 g/mol. The Bertz CT molecular complexity index is 1690. The van der Waals surface area contributed by atoms with Crippen LogP contribution in [0.25, 0.3) is 0 Å². The van der Waals surface area contributed by atoms with Crippen molar-refractivity contribution in [3.05, 3.63) is 0 Å². The summed E-state index contributed by atoms with van der Waals surface area (Å²) in [6.45, 7) is 9.45. The van der Waals surface area contributed by atoms with Crippen LogP contribution in [0.4, 0.5) is 0 Å². The second-order valence-corrected chi connectivity index (χ2v) is 27.8. The zero-order chi connectivity index (χ0) is 63.6. The highest BCUT2D eigenvalue weighted by Gasteiger charge is 2.30. The molecule has 510 valence electrons. The highest BCUT2D eigenvalue weighted by Crippen LogP contribution is 2.45. The van der Waals surface area contributed by atoms with Gasteiger partial charge in [-0.3, -0.25) is 37.3 Å². The SMILES string of the molecule is CCCCCCCCCCCCCCCC(=O)OC[C@H](COP(=O)(O)OC[C@@H](O)COP(=O)(O)OC[C@@H](COC(=O)CCCCCCCCC)OC(=O)CCCCCCCCC(C)CC)OC(=O)CCCCCCCCCCCCCCCC(C)C. The molecule has 0 bridgehead atoms. The zero-order valence-corrected chi connectivity index (χ0v) is 57.4. The predicted octanol–water partition coefficient (Wildman–Crippen LogP) is 18.8. The summed E-state index contributed by atoms with van der Waals surface area (Å²) in [5.74, 6) is -0.627. The number of unbranched alkanes of at least 4 members (excludes halogenated alkanes) is 35. The number of hydrogen-bond donors (Lipinski definition) is 3. The summed E-state index contributed by atoms with van der Waals surface area (Å²) in [5.41, 5.74) is 0. The van der Waals surface area contributed by atoms with Crippen LogP contribution in [-0.2, 0) is 65.4 Å². The van der Waals surface area contributed by atoms with Crippen molar-refractivity contribution in [1.29, 1.82) is 0 Å². The van der Waals surface area contributed by atoms with Gasteiger partial charge >= 0.3 is 39.5 Å². The lowest BCUT2D eigenvalue weighted by Crippen LogP contribution is -2.30. The van der Waals surface area contributed by atoms with Crippen LogP contribution < -0.4 is 0 Å². The molecular formula is C67H130O17P2. The van der Waals surface area contributed by atoms with Gasteiger partial charge in [-0.1, -0.05) is 286 Å². The summed E-state index contributed by atoms with van der Waals surface area (Å²) >= 11 is 0. The minimum atomic E-state index is -4.95. The van der Waals surface area contributed by atoms with Crippen LogP contribution in [0.2, 0.25) is 0 Å². The van der Waals surface area contributed by atoms with E-state index in [0.29, 0.717) is 25.7 Å². The molecule has 0 aliphatic rings. The average Bonchev–Trinajstić information content (AvgIpc) is 3.60. The fourth-order valence-corrected chi connectivity index (χ4v) is 11.6. The first-order valence-corrected chi connectivity index (χ1v) is 38.0. The Hall–Kier alpha value is -1.94. The van der Waals surface area contributed by atoms with Crippen LogP contribution in [-0.4, -0.2) is 96.7 Å². The first-order chi connectivity index (χ1) is 41.4. The molecule has 0 aliphatic heterocycles. The van der Waals surface area contributed by atoms with E-state index in [9.17, 15) is 43.2 Å². The maximum Gasteiger partial charge on any atom is 0.472 e. The van der Waals surface area contributed by atoms with Crippen LogP contribution in [0.3, 0.4) is 0 Å². The lowest BCUT2D eigenvalue weighted by Gasteiger charge is -2.21. The number of aliphatic hydroxyl groups is 1. The minimum absolute atomic E-state index is 0.103. The van der Waals surface area contributed by atoms with Gasteiger partial charge < -0.3 is 33.8 Å². The Morgan fingerprint density at radius 3 is 0.884 bits per heavy atom. The van der Waals surface area contributed by atoms with E-state index < -0.39 is 97.5 Å². The summed E-state index contributed by atoms with van der Waals surface area (Å²) in [7, 11) is -9.89. The van der Waals surface area contributed by atoms with E-state index in [2.05, 4.69) is 41.5 Å². The van der Waals surface area contributed by atoms with Crippen molar-refractivity contribution >= 4 is 39.5 Å². The number of carbonyl (C=O) groups is 4. The maximum atomic E-state index is 13.0.